The quantitative estimate of drug-likeness (QED) is 0.478. The second-order valence-corrected chi connectivity index (χ2v) is 9.13. The summed E-state index contributed by atoms with van der Waals surface area (Å²) >= 11 is 1.45. The zero-order valence-corrected chi connectivity index (χ0v) is 18.8. The lowest BCUT2D eigenvalue weighted by Crippen LogP contribution is -2.47. The summed E-state index contributed by atoms with van der Waals surface area (Å²) in [6.07, 6.45) is 0.716. The third kappa shape index (κ3) is 4.13. The first-order valence-electron chi connectivity index (χ1n) is 11.0. The molecule has 0 aliphatic carbocycles. The standard InChI is InChI=1S/C24H26FN5OS/c1-2-20-26-24-30(27-20)23(31)22(32-24)21(18-8-10-19(25)11-9-18)29-14-12-28(13-15-29)16-17-6-4-3-5-7-17/h3-11,21,31H,2,12-16H2,1H3. The van der Waals surface area contributed by atoms with E-state index in [2.05, 4.69) is 44.1 Å². The van der Waals surface area contributed by atoms with E-state index < -0.39 is 0 Å². The third-order valence-electron chi connectivity index (χ3n) is 6.01. The molecule has 1 fully saturated rings. The monoisotopic (exact) mass is 451 g/mol. The number of benzene rings is 2. The van der Waals surface area contributed by atoms with Gasteiger partial charge in [-0.15, -0.1) is 5.10 Å². The molecule has 4 aromatic rings. The van der Waals surface area contributed by atoms with Gasteiger partial charge in [0.05, 0.1) is 10.9 Å². The molecule has 2 aromatic heterocycles. The van der Waals surface area contributed by atoms with Crippen LogP contribution in [0.2, 0.25) is 0 Å². The Bertz CT molecular complexity index is 1180. The van der Waals surface area contributed by atoms with E-state index in [9.17, 15) is 9.50 Å². The number of halogens is 1. The van der Waals surface area contributed by atoms with Crippen LogP contribution in [0, 0.1) is 5.82 Å². The molecule has 1 saturated heterocycles. The van der Waals surface area contributed by atoms with Crippen LogP contribution in [-0.4, -0.2) is 55.7 Å². The van der Waals surface area contributed by atoms with Gasteiger partial charge in [0.25, 0.3) is 0 Å². The van der Waals surface area contributed by atoms with Crippen LogP contribution in [-0.2, 0) is 13.0 Å². The summed E-state index contributed by atoms with van der Waals surface area (Å²) in [6, 6.07) is 16.9. The van der Waals surface area contributed by atoms with Crippen LogP contribution >= 0.6 is 11.3 Å². The predicted molar refractivity (Wildman–Crippen MR) is 123 cm³/mol. The molecule has 0 radical (unpaired) electrons. The van der Waals surface area contributed by atoms with E-state index in [1.54, 1.807) is 0 Å². The third-order valence-corrected chi connectivity index (χ3v) is 7.09. The number of aromatic hydroxyl groups is 1. The number of hydrogen-bond acceptors (Lipinski definition) is 6. The van der Waals surface area contributed by atoms with Gasteiger partial charge in [-0.3, -0.25) is 9.80 Å². The van der Waals surface area contributed by atoms with Crippen LogP contribution in [0.3, 0.4) is 0 Å². The maximum absolute atomic E-state index is 13.6. The Morgan fingerprint density at radius 2 is 1.75 bits per heavy atom. The van der Waals surface area contributed by atoms with Crippen LogP contribution in [0.4, 0.5) is 4.39 Å². The minimum atomic E-state index is -0.264. The van der Waals surface area contributed by atoms with Crippen molar-refractivity contribution in [3.05, 3.63) is 82.2 Å². The number of hydrogen-bond donors (Lipinski definition) is 1. The van der Waals surface area contributed by atoms with Crippen molar-refractivity contribution < 1.29 is 9.50 Å². The van der Waals surface area contributed by atoms with Crippen molar-refractivity contribution in [2.75, 3.05) is 26.2 Å². The first kappa shape index (κ1) is 21.1. The smallest absolute Gasteiger partial charge is 0.230 e. The number of fused-ring (bicyclic) bond motifs is 1. The van der Waals surface area contributed by atoms with Crippen LogP contribution in [0.1, 0.15) is 34.8 Å². The molecule has 0 spiro atoms. The van der Waals surface area contributed by atoms with Gasteiger partial charge in [0, 0.05) is 39.1 Å². The molecule has 32 heavy (non-hydrogen) atoms. The minimum absolute atomic E-state index is 0.123. The SMILES string of the molecule is CCc1nc2sc(C(c3ccc(F)cc3)N3CCN(Cc4ccccc4)CC3)c(O)n2n1. The fraction of sp³-hybridized carbons (Fsp3) is 0.333. The van der Waals surface area contributed by atoms with Gasteiger partial charge in [-0.25, -0.2) is 9.37 Å². The van der Waals surface area contributed by atoms with Crippen molar-refractivity contribution in [3.63, 3.8) is 0 Å². The van der Waals surface area contributed by atoms with Crippen LogP contribution in [0.5, 0.6) is 5.88 Å². The highest BCUT2D eigenvalue weighted by Crippen LogP contribution is 2.40. The summed E-state index contributed by atoms with van der Waals surface area (Å²) in [7, 11) is 0. The van der Waals surface area contributed by atoms with Gasteiger partial charge in [-0.05, 0) is 23.3 Å². The number of rotatable bonds is 6. The fourth-order valence-corrected chi connectivity index (χ4v) is 5.45. The number of piperazine rings is 1. The predicted octanol–water partition coefficient (Wildman–Crippen LogP) is 4.11. The molecule has 3 heterocycles. The molecule has 8 heteroatoms. The Morgan fingerprint density at radius 3 is 2.41 bits per heavy atom. The Hall–Kier alpha value is -2.81. The van der Waals surface area contributed by atoms with Gasteiger partial charge < -0.3 is 5.11 Å². The fourth-order valence-electron chi connectivity index (χ4n) is 4.31. The molecule has 1 aliphatic heterocycles. The average Bonchev–Trinajstić information content (AvgIpc) is 3.36. The molecule has 2 aromatic carbocycles. The van der Waals surface area contributed by atoms with E-state index >= 15 is 0 Å². The Balaban J connectivity index is 1.42. The van der Waals surface area contributed by atoms with Crippen molar-refractivity contribution in [2.24, 2.45) is 0 Å². The van der Waals surface area contributed by atoms with Crippen LogP contribution in [0.25, 0.3) is 4.96 Å². The maximum atomic E-state index is 13.6. The van der Waals surface area contributed by atoms with Gasteiger partial charge in [0.1, 0.15) is 5.82 Å². The lowest BCUT2D eigenvalue weighted by atomic mass is 10.0. The summed E-state index contributed by atoms with van der Waals surface area (Å²) in [5.74, 6) is 0.573. The zero-order valence-electron chi connectivity index (χ0n) is 18.0. The largest absolute Gasteiger partial charge is 0.492 e. The first-order valence-corrected chi connectivity index (χ1v) is 11.8. The number of aryl methyl sites for hydroxylation is 1. The second kappa shape index (κ2) is 8.97. The molecule has 1 aliphatic rings. The summed E-state index contributed by atoms with van der Waals surface area (Å²) < 4.78 is 15.2. The van der Waals surface area contributed by atoms with E-state index in [0.717, 1.165) is 43.2 Å². The Kier molecular flexibility index (Phi) is 5.91. The Morgan fingerprint density at radius 1 is 1.03 bits per heavy atom. The van der Waals surface area contributed by atoms with E-state index in [4.69, 9.17) is 0 Å². The van der Waals surface area contributed by atoms with E-state index in [0.29, 0.717) is 17.2 Å². The van der Waals surface area contributed by atoms with E-state index in [1.807, 2.05) is 25.1 Å². The van der Waals surface area contributed by atoms with Crippen LogP contribution in [0.15, 0.2) is 54.6 Å². The second-order valence-electron chi connectivity index (χ2n) is 8.12. The zero-order chi connectivity index (χ0) is 22.1. The number of aromatic nitrogens is 3. The van der Waals surface area contributed by atoms with Gasteiger partial charge in [0.15, 0.2) is 5.82 Å². The summed E-state index contributed by atoms with van der Waals surface area (Å²) in [5.41, 5.74) is 2.27. The lowest BCUT2D eigenvalue weighted by Gasteiger charge is -2.39. The summed E-state index contributed by atoms with van der Waals surface area (Å²) in [6.45, 7) is 6.47. The topological polar surface area (TPSA) is 56.9 Å². The highest BCUT2D eigenvalue weighted by molar-refractivity contribution is 7.17. The number of thiazole rings is 1. The molecule has 166 valence electrons. The number of nitrogens with zero attached hydrogens (tertiary/aromatic N) is 5. The molecule has 0 amide bonds. The molecule has 0 bridgehead atoms. The van der Waals surface area contributed by atoms with Gasteiger partial charge in [-0.2, -0.15) is 4.52 Å². The molecular weight excluding hydrogens is 425 g/mol. The molecular formula is C24H26FN5OS. The van der Waals surface area contributed by atoms with Crippen molar-refractivity contribution >= 4 is 16.3 Å². The summed E-state index contributed by atoms with van der Waals surface area (Å²) in [4.78, 5) is 10.8. The highest BCUT2D eigenvalue weighted by atomic mass is 32.1. The Labute approximate surface area is 190 Å². The van der Waals surface area contributed by atoms with Gasteiger partial charge >= 0.3 is 0 Å². The molecule has 1 unspecified atom stereocenters. The van der Waals surface area contributed by atoms with Crippen molar-refractivity contribution in [1.82, 2.24) is 24.4 Å². The van der Waals surface area contributed by atoms with E-state index in [1.165, 1.54) is 33.5 Å². The molecule has 1 N–H and O–H groups in total. The summed E-state index contributed by atoms with van der Waals surface area (Å²) in [5, 5.41) is 15.4. The highest BCUT2D eigenvalue weighted by Gasteiger charge is 2.31. The molecule has 1 atom stereocenters. The van der Waals surface area contributed by atoms with E-state index in [-0.39, 0.29) is 17.7 Å². The molecule has 6 nitrogen and oxygen atoms in total. The minimum Gasteiger partial charge on any atom is -0.492 e. The van der Waals surface area contributed by atoms with Crippen molar-refractivity contribution in [2.45, 2.75) is 25.9 Å². The van der Waals surface area contributed by atoms with Crippen molar-refractivity contribution in [1.29, 1.82) is 0 Å². The molecule has 5 rings (SSSR count). The van der Waals surface area contributed by atoms with Gasteiger partial charge in [-0.1, -0.05) is 60.7 Å². The van der Waals surface area contributed by atoms with Crippen molar-refractivity contribution in [3.8, 4) is 5.88 Å². The first-order chi connectivity index (χ1) is 15.6. The van der Waals surface area contributed by atoms with Gasteiger partial charge in [0.2, 0.25) is 10.8 Å². The molecule has 0 saturated carbocycles. The maximum Gasteiger partial charge on any atom is 0.230 e. The average molecular weight is 452 g/mol. The normalized spacial score (nSPS) is 16.6. The van der Waals surface area contributed by atoms with Crippen LogP contribution < -0.4 is 0 Å². The lowest BCUT2D eigenvalue weighted by molar-refractivity contribution is 0.105.